The number of aryl methyl sites for hydroxylation is 1. The van der Waals surface area contributed by atoms with E-state index in [1.54, 1.807) is 4.68 Å². The van der Waals surface area contributed by atoms with Gasteiger partial charge in [-0.15, -0.1) is 5.10 Å². The van der Waals surface area contributed by atoms with Crippen LogP contribution in [-0.2, 0) is 13.6 Å². The van der Waals surface area contributed by atoms with Crippen LogP contribution in [0.2, 0.25) is 0 Å². The van der Waals surface area contributed by atoms with E-state index in [4.69, 9.17) is 0 Å². The van der Waals surface area contributed by atoms with E-state index in [0.29, 0.717) is 6.04 Å². The maximum absolute atomic E-state index is 4.15. The molecule has 1 N–H and O–H groups in total. The fraction of sp³-hybridized carbons (Fsp3) is 0.818. The molecule has 0 radical (unpaired) electrons. The molecule has 2 atom stereocenters. The van der Waals surface area contributed by atoms with Gasteiger partial charge in [-0.2, -0.15) is 0 Å². The Morgan fingerprint density at radius 1 is 1.50 bits per heavy atom. The standard InChI is InChI=1S/C11H19N5/c1-15-6-10(13-14-15)7-16-5-9-3-2-4-12-11(9)8-16/h6,9,11-12H,2-5,7-8H2,1H3/t9-,11+/m0/s1. The zero-order chi connectivity index (χ0) is 11.0. The molecular weight excluding hydrogens is 202 g/mol. The average molecular weight is 221 g/mol. The Bertz CT molecular complexity index is 347. The highest BCUT2D eigenvalue weighted by Crippen LogP contribution is 2.25. The van der Waals surface area contributed by atoms with Crippen LogP contribution in [0, 0.1) is 5.92 Å². The van der Waals surface area contributed by atoms with Gasteiger partial charge >= 0.3 is 0 Å². The predicted octanol–water partition coefficient (Wildman–Crippen LogP) is -0.00110. The van der Waals surface area contributed by atoms with E-state index in [-0.39, 0.29) is 0 Å². The molecule has 0 aliphatic carbocycles. The molecule has 3 rings (SSSR count). The minimum Gasteiger partial charge on any atom is -0.312 e. The van der Waals surface area contributed by atoms with Crippen LogP contribution in [0.5, 0.6) is 0 Å². The van der Waals surface area contributed by atoms with Crippen LogP contribution >= 0.6 is 0 Å². The Balaban J connectivity index is 1.61. The summed E-state index contributed by atoms with van der Waals surface area (Å²) >= 11 is 0. The second-order valence-corrected chi connectivity index (χ2v) is 5.04. The highest BCUT2D eigenvalue weighted by atomic mass is 15.4. The van der Waals surface area contributed by atoms with Crippen LogP contribution in [0.3, 0.4) is 0 Å². The lowest BCUT2D eigenvalue weighted by atomic mass is 9.94. The van der Waals surface area contributed by atoms with Crippen molar-refractivity contribution in [2.45, 2.75) is 25.4 Å². The SMILES string of the molecule is Cn1cc(CN2C[C@@H]3CCCN[C@@H]3C2)nn1. The third kappa shape index (κ3) is 1.97. The number of hydrogen-bond acceptors (Lipinski definition) is 4. The summed E-state index contributed by atoms with van der Waals surface area (Å²) in [4.78, 5) is 2.50. The predicted molar refractivity (Wildman–Crippen MR) is 60.8 cm³/mol. The molecule has 1 aromatic heterocycles. The molecular formula is C11H19N5. The molecule has 3 heterocycles. The number of rotatable bonds is 2. The lowest BCUT2D eigenvalue weighted by molar-refractivity contribution is 0.309. The van der Waals surface area contributed by atoms with Crippen molar-refractivity contribution in [2.24, 2.45) is 13.0 Å². The molecule has 5 nitrogen and oxygen atoms in total. The van der Waals surface area contributed by atoms with Crippen LogP contribution in [0.25, 0.3) is 0 Å². The minimum absolute atomic E-state index is 0.713. The van der Waals surface area contributed by atoms with Crippen LogP contribution in [0.4, 0.5) is 0 Å². The molecule has 2 fully saturated rings. The number of aromatic nitrogens is 3. The molecule has 0 spiro atoms. The lowest BCUT2D eigenvalue weighted by Gasteiger charge is -2.24. The number of piperidine rings is 1. The van der Waals surface area contributed by atoms with Crippen LogP contribution in [0.1, 0.15) is 18.5 Å². The molecule has 88 valence electrons. The smallest absolute Gasteiger partial charge is 0.0967 e. The number of likely N-dealkylation sites (tertiary alicyclic amines) is 1. The third-order valence-electron chi connectivity index (χ3n) is 3.71. The van der Waals surface area contributed by atoms with Crippen molar-refractivity contribution in [1.29, 1.82) is 0 Å². The molecule has 2 saturated heterocycles. The lowest BCUT2D eigenvalue weighted by Crippen LogP contribution is -2.40. The molecule has 0 bridgehead atoms. The van der Waals surface area contributed by atoms with E-state index < -0.39 is 0 Å². The number of nitrogens with one attached hydrogen (secondary N) is 1. The number of nitrogens with zero attached hydrogens (tertiary/aromatic N) is 4. The van der Waals surface area contributed by atoms with E-state index >= 15 is 0 Å². The summed E-state index contributed by atoms with van der Waals surface area (Å²) in [6.07, 6.45) is 4.73. The van der Waals surface area contributed by atoms with Gasteiger partial charge in [0.2, 0.25) is 0 Å². The summed E-state index contributed by atoms with van der Waals surface area (Å²) in [7, 11) is 1.92. The summed E-state index contributed by atoms with van der Waals surface area (Å²) in [5.41, 5.74) is 1.08. The minimum atomic E-state index is 0.713. The molecule has 5 heteroatoms. The van der Waals surface area contributed by atoms with E-state index in [0.717, 1.165) is 18.2 Å². The molecule has 2 aliphatic heterocycles. The first-order chi connectivity index (χ1) is 7.81. The van der Waals surface area contributed by atoms with Gasteiger partial charge in [0.05, 0.1) is 5.69 Å². The van der Waals surface area contributed by atoms with Gasteiger partial charge < -0.3 is 5.32 Å². The first-order valence-corrected chi connectivity index (χ1v) is 6.12. The second-order valence-electron chi connectivity index (χ2n) is 5.04. The number of fused-ring (bicyclic) bond motifs is 1. The van der Waals surface area contributed by atoms with Gasteiger partial charge in [0.25, 0.3) is 0 Å². The quantitative estimate of drug-likeness (QED) is 0.763. The van der Waals surface area contributed by atoms with Gasteiger partial charge in [-0.05, 0) is 25.3 Å². The second kappa shape index (κ2) is 4.14. The maximum atomic E-state index is 4.15. The van der Waals surface area contributed by atoms with Gasteiger partial charge in [0.1, 0.15) is 0 Å². The van der Waals surface area contributed by atoms with Crippen molar-refractivity contribution in [3.8, 4) is 0 Å². The summed E-state index contributed by atoms with van der Waals surface area (Å²) in [6.45, 7) is 4.53. The molecule has 0 saturated carbocycles. The van der Waals surface area contributed by atoms with Crippen molar-refractivity contribution in [3.05, 3.63) is 11.9 Å². The summed E-state index contributed by atoms with van der Waals surface area (Å²) in [5, 5.41) is 11.7. The first-order valence-electron chi connectivity index (χ1n) is 6.12. The zero-order valence-corrected chi connectivity index (χ0v) is 9.76. The van der Waals surface area contributed by atoms with Gasteiger partial charge in [-0.1, -0.05) is 5.21 Å². The van der Waals surface area contributed by atoms with Crippen molar-refractivity contribution < 1.29 is 0 Å². The monoisotopic (exact) mass is 221 g/mol. The molecule has 16 heavy (non-hydrogen) atoms. The summed E-state index contributed by atoms with van der Waals surface area (Å²) < 4.78 is 1.77. The van der Waals surface area contributed by atoms with Gasteiger partial charge in [0.15, 0.2) is 0 Å². The van der Waals surface area contributed by atoms with E-state index in [1.165, 1.54) is 32.5 Å². The summed E-state index contributed by atoms with van der Waals surface area (Å²) in [5.74, 6) is 0.852. The van der Waals surface area contributed by atoms with E-state index in [1.807, 2.05) is 13.2 Å². The van der Waals surface area contributed by atoms with Crippen molar-refractivity contribution in [1.82, 2.24) is 25.2 Å². The Morgan fingerprint density at radius 3 is 3.19 bits per heavy atom. The molecule has 0 aromatic carbocycles. The fourth-order valence-corrected chi connectivity index (χ4v) is 2.96. The highest BCUT2D eigenvalue weighted by molar-refractivity contribution is 4.97. The van der Waals surface area contributed by atoms with Gasteiger partial charge in [0, 0.05) is 38.9 Å². The first kappa shape index (κ1) is 10.2. The average Bonchev–Trinajstić information content (AvgIpc) is 2.84. The van der Waals surface area contributed by atoms with Crippen molar-refractivity contribution in [3.63, 3.8) is 0 Å². The topological polar surface area (TPSA) is 46.0 Å². The molecule has 1 aromatic rings. The molecule has 0 amide bonds. The Morgan fingerprint density at radius 2 is 2.44 bits per heavy atom. The third-order valence-corrected chi connectivity index (χ3v) is 3.71. The largest absolute Gasteiger partial charge is 0.312 e. The van der Waals surface area contributed by atoms with Crippen molar-refractivity contribution >= 4 is 0 Å². The van der Waals surface area contributed by atoms with Crippen LogP contribution in [-0.4, -0.2) is 45.6 Å². The van der Waals surface area contributed by atoms with Gasteiger partial charge in [-0.25, -0.2) is 0 Å². The Kier molecular flexibility index (Phi) is 2.65. The number of hydrogen-bond donors (Lipinski definition) is 1. The van der Waals surface area contributed by atoms with Crippen molar-refractivity contribution in [2.75, 3.05) is 19.6 Å². The summed E-state index contributed by atoms with van der Waals surface area (Å²) in [6, 6.07) is 0.713. The maximum Gasteiger partial charge on any atom is 0.0967 e. The van der Waals surface area contributed by atoms with Gasteiger partial charge in [-0.3, -0.25) is 9.58 Å². The Labute approximate surface area is 95.8 Å². The van der Waals surface area contributed by atoms with E-state index in [9.17, 15) is 0 Å². The highest BCUT2D eigenvalue weighted by Gasteiger charge is 2.34. The van der Waals surface area contributed by atoms with Crippen LogP contribution in [0.15, 0.2) is 6.20 Å². The van der Waals surface area contributed by atoms with Crippen LogP contribution < -0.4 is 5.32 Å². The van der Waals surface area contributed by atoms with E-state index in [2.05, 4.69) is 20.5 Å². The molecule has 0 unspecified atom stereocenters. The fourth-order valence-electron chi connectivity index (χ4n) is 2.96. The Hall–Kier alpha value is -0.940. The normalized spacial score (nSPS) is 30.6. The zero-order valence-electron chi connectivity index (χ0n) is 9.76. The molecule has 2 aliphatic rings.